The van der Waals surface area contributed by atoms with E-state index in [1.807, 2.05) is 6.92 Å². The number of carbonyl (C=O) groups is 1. The van der Waals surface area contributed by atoms with Crippen molar-refractivity contribution in [3.05, 3.63) is 35.4 Å². The Bertz CT molecular complexity index is 463. The highest BCUT2D eigenvalue weighted by atomic mass is 19.1. The van der Waals surface area contributed by atoms with Crippen molar-refractivity contribution >= 4 is 5.91 Å². The van der Waals surface area contributed by atoms with Gasteiger partial charge in [0.1, 0.15) is 11.6 Å². The van der Waals surface area contributed by atoms with Gasteiger partial charge in [0.05, 0.1) is 6.04 Å². The van der Waals surface area contributed by atoms with Crippen LogP contribution in [0.1, 0.15) is 25.3 Å². The number of likely N-dealkylation sites (tertiary alicyclic amines) is 1. The highest BCUT2D eigenvalue weighted by Gasteiger charge is 2.28. The number of hydrogen-bond donors (Lipinski definition) is 1. The topological polar surface area (TPSA) is 32.3 Å². The summed E-state index contributed by atoms with van der Waals surface area (Å²) in [4.78, 5) is 13.8. The maximum absolute atomic E-state index is 13.6. The first-order valence-electron chi connectivity index (χ1n) is 6.58. The predicted octanol–water partition coefficient (Wildman–Crippen LogP) is 2.07. The molecule has 1 fully saturated rings. The van der Waals surface area contributed by atoms with E-state index in [1.165, 1.54) is 0 Å². The number of hydrogen-bond acceptors (Lipinski definition) is 2. The Morgan fingerprint density at radius 3 is 2.95 bits per heavy atom. The van der Waals surface area contributed by atoms with Crippen molar-refractivity contribution in [1.82, 2.24) is 10.2 Å². The van der Waals surface area contributed by atoms with Gasteiger partial charge in [-0.15, -0.1) is 0 Å². The number of rotatable bonds is 4. The Morgan fingerprint density at radius 2 is 2.21 bits per heavy atom. The van der Waals surface area contributed by atoms with E-state index in [4.69, 9.17) is 0 Å². The maximum Gasteiger partial charge on any atom is 0.240 e. The molecule has 1 atom stereocenters. The minimum absolute atomic E-state index is 0.0308. The third kappa shape index (κ3) is 3.29. The third-order valence-electron chi connectivity index (χ3n) is 3.35. The molecule has 1 aromatic rings. The van der Waals surface area contributed by atoms with E-state index >= 15 is 0 Å². The van der Waals surface area contributed by atoms with Gasteiger partial charge in [0.2, 0.25) is 5.91 Å². The van der Waals surface area contributed by atoms with E-state index in [9.17, 15) is 13.6 Å². The summed E-state index contributed by atoms with van der Waals surface area (Å²) in [5.41, 5.74) is 0.227. The molecule has 5 heteroatoms. The molecule has 1 amide bonds. The van der Waals surface area contributed by atoms with Gasteiger partial charge < -0.3 is 10.2 Å². The van der Waals surface area contributed by atoms with Crippen molar-refractivity contribution < 1.29 is 13.6 Å². The van der Waals surface area contributed by atoms with Gasteiger partial charge in [0.15, 0.2) is 0 Å². The molecule has 3 nitrogen and oxygen atoms in total. The lowest BCUT2D eigenvalue weighted by molar-refractivity contribution is -0.136. The number of nitrogens with one attached hydrogen (secondary N) is 1. The highest BCUT2D eigenvalue weighted by molar-refractivity contribution is 5.82. The predicted molar refractivity (Wildman–Crippen MR) is 68.5 cm³/mol. The molecule has 1 aromatic carbocycles. The van der Waals surface area contributed by atoms with Crippen LogP contribution in [-0.4, -0.2) is 29.9 Å². The number of benzene rings is 1. The Labute approximate surface area is 111 Å². The van der Waals surface area contributed by atoms with E-state index in [-0.39, 0.29) is 24.1 Å². The average Bonchev–Trinajstić information content (AvgIpc) is 2.39. The maximum atomic E-state index is 13.6. The first-order valence-corrected chi connectivity index (χ1v) is 6.58. The van der Waals surface area contributed by atoms with E-state index in [1.54, 1.807) is 4.90 Å². The second-order valence-corrected chi connectivity index (χ2v) is 4.75. The molecule has 0 spiro atoms. The van der Waals surface area contributed by atoms with Crippen LogP contribution in [0.2, 0.25) is 0 Å². The van der Waals surface area contributed by atoms with Crippen LogP contribution in [0, 0.1) is 11.6 Å². The summed E-state index contributed by atoms with van der Waals surface area (Å²) in [6, 6.07) is 3.13. The normalized spacial score (nSPS) is 19.8. The van der Waals surface area contributed by atoms with Gasteiger partial charge in [-0.05, 0) is 37.6 Å². The molecule has 104 valence electrons. The van der Waals surface area contributed by atoms with Crippen molar-refractivity contribution in [3.8, 4) is 0 Å². The van der Waals surface area contributed by atoms with Crippen LogP contribution in [0.25, 0.3) is 0 Å². The van der Waals surface area contributed by atoms with Crippen LogP contribution in [-0.2, 0) is 11.3 Å². The van der Waals surface area contributed by atoms with Crippen molar-refractivity contribution in [1.29, 1.82) is 0 Å². The van der Waals surface area contributed by atoms with Gasteiger partial charge in [-0.1, -0.05) is 6.92 Å². The Hall–Kier alpha value is -1.49. The zero-order valence-electron chi connectivity index (χ0n) is 11.0. The van der Waals surface area contributed by atoms with Crippen molar-refractivity contribution in [2.24, 2.45) is 0 Å². The zero-order chi connectivity index (χ0) is 13.8. The fourth-order valence-electron chi connectivity index (χ4n) is 2.40. The minimum Gasteiger partial charge on any atom is -0.337 e. The summed E-state index contributed by atoms with van der Waals surface area (Å²) in [5, 5.41) is 3.12. The zero-order valence-corrected chi connectivity index (χ0v) is 11.0. The van der Waals surface area contributed by atoms with Gasteiger partial charge in [0.25, 0.3) is 0 Å². The molecule has 0 radical (unpaired) electrons. The molecule has 1 aliphatic rings. The summed E-state index contributed by atoms with van der Waals surface area (Å²) in [5.74, 6) is -0.986. The van der Waals surface area contributed by atoms with E-state index < -0.39 is 11.6 Å². The molecule has 2 rings (SSSR count). The van der Waals surface area contributed by atoms with Crippen LogP contribution in [0.5, 0.6) is 0 Å². The molecule has 19 heavy (non-hydrogen) atoms. The van der Waals surface area contributed by atoms with Crippen molar-refractivity contribution in [2.75, 3.05) is 13.1 Å². The fraction of sp³-hybridized carbons (Fsp3) is 0.500. The van der Waals surface area contributed by atoms with Crippen LogP contribution < -0.4 is 5.32 Å². The lowest BCUT2D eigenvalue weighted by atomic mass is 10.0. The lowest BCUT2D eigenvalue weighted by Gasteiger charge is -2.32. The number of piperidine rings is 1. The molecule has 0 bridgehead atoms. The largest absolute Gasteiger partial charge is 0.337 e. The van der Waals surface area contributed by atoms with Gasteiger partial charge in [-0.25, -0.2) is 8.78 Å². The van der Waals surface area contributed by atoms with Crippen molar-refractivity contribution in [3.63, 3.8) is 0 Å². The molecule has 1 aliphatic heterocycles. The SMILES string of the molecule is CCNC1CCCN(Cc2cc(F)ccc2F)C1=O. The summed E-state index contributed by atoms with van der Waals surface area (Å²) in [7, 11) is 0. The molecule has 1 unspecified atom stereocenters. The number of amides is 1. The molecule has 0 saturated carbocycles. The highest BCUT2D eigenvalue weighted by Crippen LogP contribution is 2.17. The Morgan fingerprint density at radius 1 is 1.42 bits per heavy atom. The first kappa shape index (κ1) is 13.9. The summed E-state index contributed by atoms with van der Waals surface area (Å²) in [6.07, 6.45) is 1.68. The van der Waals surface area contributed by atoms with Gasteiger partial charge in [-0.3, -0.25) is 4.79 Å². The second-order valence-electron chi connectivity index (χ2n) is 4.75. The van der Waals surface area contributed by atoms with E-state index in [2.05, 4.69) is 5.32 Å². The second kappa shape index (κ2) is 6.10. The number of nitrogens with zero attached hydrogens (tertiary/aromatic N) is 1. The molecular formula is C14H18F2N2O. The van der Waals surface area contributed by atoms with Crippen LogP contribution in [0.15, 0.2) is 18.2 Å². The molecule has 1 heterocycles. The Kier molecular flexibility index (Phi) is 4.47. The summed E-state index contributed by atoms with van der Waals surface area (Å²) in [6.45, 7) is 3.39. The van der Waals surface area contributed by atoms with Crippen LogP contribution in [0.3, 0.4) is 0 Å². The van der Waals surface area contributed by atoms with E-state index in [0.717, 1.165) is 37.6 Å². The van der Waals surface area contributed by atoms with E-state index in [0.29, 0.717) is 6.54 Å². The van der Waals surface area contributed by atoms with Crippen LogP contribution in [0.4, 0.5) is 8.78 Å². The Balaban J connectivity index is 2.09. The number of halogens is 2. The van der Waals surface area contributed by atoms with Gasteiger partial charge in [-0.2, -0.15) is 0 Å². The quantitative estimate of drug-likeness (QED) is 0.906. The van der Waals surface area contributed by atoms with Crippen molar-refractivity contribution in [2.45, 2.75) is 32.4 Å². The molecular weight excluding hydrogens is 250 g/mol. The lowest BCUT2D eigenvalue weighted by Crippen LogP contribution is -2.50. The monoisotopic (exact) mass is 268 g/mol. The molecule has 0 aliphatic carbocycles. The van der Waals surface area contributed by atoms with Gasteiger partial charge in [0, 0.05) is 18.7 Å². The smallest absolute Gasteiger partial charge is 0.240 e. The average molecular weight is 268 g/mol. The summed E-state index contributed by atoms with van der Waals surface area (Å²) >= 11 is 0. The molecule has 1 saturated heterocycles. The fourth-order valence-corrected chi connectivity index (χ4v) is 2.40. The standard InChI is InChI=1S/C14H18F2N2O/c1-2-17-13-4-3-7-18(14(13)19)9-10-8-11(15)5-6-12(10)16/h5-6,8,13,17H,2-4,7,9H2,1H3. The molecule has 1 N–H and O–H groups in total. The first-order chi connectivity index (χ1) is 9.11. The molecule has 0 aromatic heterocycles. The number of carbonyl (C=O) groups excluding carboxylic acids is 1. The third-order valence-corrected chi connectivity index (χ3v) is 3.35. The van der Waals surface area contributed by atoms with Gasteiger partial charge >= 0.3 is 0 Å². The summed E-state index contributed by atoms with van der Waals surface area (Å²) < 4.78 is 26.7. The number of likely N-dealkylation sites (N-methyl/N-ethyl adjacent to an activating group) is 1. The van der Waals surface area contributed by atoms with Crippen LogP contribution >= 0.6 is 0 Å². The minimum atomic E-state index is -0.482.